The van der Waals surface area contributed by atoms with Crippen LogP contribution in [0.5, 0.6) is 0 Å². The number of benzene rings is 1. The van der Waals surface area contributed by atoms with Gasteiger partial charge in [-0.15, -0.1) is 0 Å². The summed E-state index contributed by atoms with van der Waals surface area (Å²) < 4.78 is 0. The minimum absolute atomic E-state index is 0.238. The molecule has 1 N–H and O–H groups in total. The Bertz CT molecular complexity index is 577. The summed E-state index contributed by atoms with van der Waals surface area (Å²) in [5.41, 5.74) is 2.84. The molecule has 0 heterocycles. The van der Waals surface area contributed by atoms with Crippen LogP contribution in [0.2, 0.25) is 0 Å². The van der Waals surface area contributed by atoms with Crippen molar-refractivity contribution in [3.8, 4) is 0 Å². The summed E-state index contributed by atoms with van der Waals surface area (Å²) in [6.45, 7) is 3.96. The van der Waals surface area contributed by atoms with E-state index in [4.69, 9.17) is 0 Å². The van der Waals surface area contributed by atoms with Crippen LogP contribution in [0, 0.1) is 18.8 Å². The SMILES string of the molecule is CCc1cccc(C)c1NC(=O)[C@@H]1CC=CC[C@H]1C(=O)[O-]. The molecule has 4 heteroatoms. The highest BCUT2D eigenvalue weighted by atomic mass is 16.4. The lowest BCUT2D eigenvalue weighted by atomic mass is 9.82. The molecule has 1 aromatic carbocycles. The Balaban J connectivity index is 2.21. The zero-order chi connectivity index (χ0) is 15.4. The van der Waals surface area contributed by atoms with Gasteiger partial charge in [0.2, 0.25) is 5.91 Å². The Hall–Kier alpha value is -2.10. The average molecular weight is 286 g/mol. The number of carboxylic acids is 1. The number of aryl methyl sites for hydroxylation is 2. The van der Waals surface area contributed by atoms with E-state index in [0.717, 1.165) is 23.2 Å². The van der Waals surface area contributed by atoms with Gasteiger partial charge in [0.15, 0.2) is 0 Å². The molecular formula is C17H20NO3-. The molecule has 1 amide bonds. The molecule has 2 atom stereocenters. The summed E-state index contributed by atoms with van der Waals surface area (Å²) in [6, 6.07) is 5.86. The number of carbonyl (C=O) groups is 2. The summed E-state index contributed by atoms with van der Waals surface area (Å²) in [5.74, 6) is -2.70. The van der Waals surface area contributed by atoms with E-state index in [0.29, 0.717) is 12.8 Å². The number of hydrogen-bond acceptors (Lipinski definition) is 3. The number of hydrogen-bond donors (Lipinski definition) is 1. The molecule has 0 bridgehead atoms. The van der Waals surface area contributed by atoms with Crippen LogP contribution >= 0.6 is 0 Å². The molecule has 0 radical (unpaired) electrons. The van der Waals surface area contributed by atoms with Crippen LogP contribution in [0.4, 0.5) is 5.69 Å². The lowest BCUT2D eigenvalue weighted by Gasteiger charge is -2.28. The van der Waals surface area contributed by atoms with Gasteiger partial charge in [-0.1, -0.05) is 37.3 Å². The Morgan fingerprint density at radius 3 is 2.52 bits per heavy atom. The van der Waals surface area contributed by atoms with Gasteiger partial charge in [0.1, 0.15) is 0 Å². The number of carbonyl (C=O) groups excluding carboxylic acids is 2. The van der Waals surface area contributed by atoms with Gasteiger partial charge in [-0.2, -0.15) is 0 Å². The number of para-hydroxylation sites is 1. The lowest BCUT2D eigenvalue weighted by molar-refractivity contribution is -0.313. The van der Waals surface area contributed by atoms with Crippen LogP contribution in [-0.4, -0.2) is 11.9 Å². The molecule has 0 fully saturated rings. The van der Waals surface area contributed by atoms with Gasteiger partial charge in [0.05, 0.1) is 5.92 Å². The average Bonchev–Trinajstić information content (AvgIpc) is 2.49. The second kappa shape index (κ2) is 6.57. The van der Waals surface area contributed by atoms with Gasteiger partial charge < -0.3 is 15.2 Å². The van der Waals surface area contributed by atoms with Gasteiger partial charge >= 0.3 is 0 Å². The van der Waals surface area contributed by atoms with E-state index in [1.165, 1.54) is 0 Å². The highest BCUT2D eigenvalue weighted by Crippen LogP contribution is 2.28. The number of amides is 1. The van der Waals surface area contributed by atoms with Crippen LogP contribution in [-0.2, 0) is 16.0 Å². The minimum Gasteiger partial charge on any atom is -0.550 e. The predicted octanol–water partition coefficient (Wildman–Crippen LogP) is 1.83. The summed E-state index contributed by atoms with van der Waals surface area (Å²) in [7, 11) is 0. The minimum atomic E-state index is -1.15. The first-order chi connectivity index (χ1) is 10.0. The Kier molecular flexibility index (Phi) is 4.78. The molecule has 0 unspecified atom stereocenters. The number of anilines is 1. The zero-order valence-corrected chi connectivity index (χ0v) is 12.4. The number of carboxylic acid groups (broad SMARTS) is 1. The Labute approximate surface area is 124 Å². The van der Waals surface area contributed by atoms with E-state index in [1.807, 2.05) is 38.1 Å². The highest BCUT2D eigenvalue weighted by molar-refractivity contribution is 5.96. The van der Waals surface area contributed by atoms with E-state index in [-0.39, 0.29) is 5.91 Å². The maximum Gasteiger partial charge on any atom is 0.228 e. The molecule has 1 aromatic rings. The Morgan fingerprint density at radius 2 is 1.90 bits per heavy atom. The normalized spacial score (nSPS) is 21.0. The smallest absolute Gasteiger partial charge is 0.228 e. The van der Waals surface area contributed by atoms with Crippen molar-refractivity contribution in [1.82, 2.24) is 0 Å². The molecule has 4 nitrogen and oxygen atoms in total. The van der Waals surface area contributed by atoms with Crippen molar-refractivity contribution >= 4 is 17.6 Å². The van der Waals surface area contributed by atoms with Gasteiger partial charge in [0, 0.05) is 17.6 Å². The summed E-state index contributed by atoms with van der Waals surface area (Å²) in [4.78, 5) is 23.7. The highest BCUT2D eigenvalue weighted by Gasteiger charge is 2.30. The molecule has 1 aliphatic rings. The molecule has 0 spiro atoms. The summed E-state index contributed by atoms with van der Waals surface area (Å²) in [5, 5.41) is 14.1. The van der Waals surface area contributed by atoms with Gasteiger partial charge in [-0.25, -0.2) is 0 Å². The molecular weight excluding hydrogens is 266 g/mol. The van der Waals surface area contributed by atoms with Crippen LogP contribution < -0.4 is 10.4 Å². The molecule has 0 saturated carbocycles. The molecule has 0 aliphatic heterocycles. The lowest BCUT2D eigenvalue weighted by Crippen LogP contribution is -2.41. The fraction of sp³-hybridized carbons (Fsp3) is 0.412. The van der Waals surface area contributed by atoms with Crippen molar-refractivity contribution in [1.29, 1.82) is 0 Å². The van der Waals surface area contributed by atoms with Gasteiger partial charge in [-0.3, -0.25) is 4.79 Å². The van der Waals surface area contributed by atoms with E-state index in [9.17, 15) is 14.7 Å². The predicted molar refractivity (Wildman–Crippen MR) is 79.5 cm³/mol. The van der Waals surface area contributed by atoms with Crippen molar-refractivity contribution in [2.75, 3.05) is 5.32 Å². The van der Waals surface area contributed by atoms with E-state index in [2.05, 4.69) is 5.32 Å². The van der Waals surface area contributed by atoms with E-state index in [1.54, 1.807) is 6.08 Å². The van der Waals surface area contributed by atoms with Crippen molar-refractivity contribution in [3.05, 3.63) is 41.5 Å². The van der Waals surface area contributed by atoms with Crippen LogP contribution in [0.25, 0.3) is 0 Å². The Morgan fingerprint density at radius 1 is 1.24 bits per heavy atom. The fourth-order valence-electron chi connectivity index (χ4n) is 2.78. The quantitative estimate of drug-likeness (QED) is 0.858. The van der Waals surface area contributed by atoms with E-state index >= 15 is 0 Å². The first-order valence-corrected chi connectivity index (χ1v) is 7.29. The third-order valence-electron chi connectivity index (χ3n) is 4.06. The molecule has 0 saturated heterocycles. The van der Waals surface area contributed by atoms with Crippen LogP contribution in [0.3, 0.4) is 0 Å². The third kappa shape index (κ3) is 3.32. The van der Waals surface area contributed by atoms with Crippen molar-refractivity contribution < 1.29 is 14.7 Å². The van der Waals surface area contributed by atoms with Crippen molar-refractivity contribution in [3.63, 3.8) is 0 Å². The maximum atomic E-state index is 12.5. The summed E-state index contributed by atoms with van der Waals surface area (Å²) >= 11 is 0. The first kappa shape index (κ1) is 15.3. The largest absolute Gasteiger partial charge is 0.550 e. The van der Waals surface area contributed by atoms with Crippen LogP contribution in [0.1, 0.15) is 30.9 Å². The van der Waals surface area contributed by atoms with Crippen molar-refractivity contribution in [2.24, 2.45) is 11.8 Å². The maximum absolute atomic E-state index is 12.5. The van der Waals surface area contributed by atoms with E-state index < -0.39 is 17.8 Å². The zero-order valence-electron chi connectivity index (χ0n) is 12.4. The van der Waals surface area contributed by atoms with Gasteiger partial charge in [-0.05, 0) is 37.3 Å². The second-order valence-electron chi connectivity index (χ2n) is 5.43. The molecule has 2 rings (SSSR count). The molecule has 112 valence electrons. The van der Waals surface area contributed by atoms with Crippen molar-refractivity contribution in [2.45, 2.75) is 33.1 Å². The summed E-state index contributed by atoms with van der Waals surface area (Å²) in [6.07, 6.45) is 5.27. The topological polar surface area (TPSA) is 69.2 Å². The molecule has 1 aliphatic carbocycles. The van der Waals surface area contributed by atoms with Gasteiger partial charge in [0.25, 0.3) is 0 Å². The number of allylic oxidation sites excluding steroid dienone is 2. The second-order valence-corrected chi connectivity index (χ2v) is 5.43. The number of rotatable bonds is 4. The molecule has 21 heavy (non-hydrogen) atoms. The third-order valence-corrected chi connectivity index (χ3v) is 4.06. The number of nitrogens with one attached hydrogen (secondary N) is 1. The fourth-order valence-corrected chi connectivity index (χ4v) is 2.78. The van der Waals surface area contributed by atoms with Crippen LogP contribution in [0.15, 0.2) is 30.4 Å². The molecule has 0 aromatic heterocycles. The first-order valence-electron chi connectivity index (χ1n) is 7.29. The standard InChI is InChI=1S/C17H21NO3/c1-3-12-8-6-7-11(2)15(12)18-16(19)13-9-4-5-10-14(13)17(20)21/h4-8,13-14H,3,9-10H2,1-2H3,(H,18,19)(H,20,21)/p-1/t13-,14-/m1/s1. The monoisotopic (exact) mass is 286 g/mol. The number of aliphatic carboxylic acids is 1.